The summed E-state index contributed by atoms with van der Waals surface area (Å²) < 4.78 is 17.9. The van der Waals surface area contributed by atoms with Crippen molar-refractivity contribution < 1.29 is 19.0 Å². The van der Waals surface area contributed by atoms with Gasteiger partial charge >= 0.3 is 5.97 Å². The van der Waals surface area contributed by atoms with E-state index in [9.17, 15) is 4.79 Å². The number of hydrogen-bond donors (Lipinski definition) is 0. The summed E-state index contributed by atoms with van der Waals surface area (Å²) in [4.78, 5) is 11.5. The first-order valence-corrected chi connectivity index (χ1v) is 12.2. The lowest BCUT2D eigenvalue weighted by Crippen LogP contribution is -2.55. The first-order chi connectivity index (χ1) is 13.8. The van der Waals surface area contributed by atoms with Crippen LogP contribution < -0.4 is 0 Å². The number of carbonyl (C=O) groups is 1. The quantitative estimate of drug-likeness (QED) is 0.583. The second kappa shape index (κ2) is 6.95. The SMILES string of the molecule is CC(=O)OC1CCC2(C)C(CCC3C2CCC2(C)C3CCC2C2(C)OCCO2)C1. The van der Waals surface area contributed by atoms with Crippen molar-refractivity contribution in [3.8, 4) is 0 Å². The molecule has 1 aliphatic heterocycles. The van der Waals surface area contributed by atoms with E-state index in [0.29, 0.717) is 16.7 Å². The topological polar surface area (TPSA) is 44.8 Å². The third-order valence-electron chi connectivity index (χ3n) is 10.4. The average Bonchev–Trinajstić information content (AvgIpc) is 3.25. The van der Waals surface area contributed by atoms with Gasteiger partial charge in [-0.3, -0.25) is 4.79 Å². The highest BCUT2D eigenvalue weighted by Gasteiger charge is 2.63. The first-order valence-electron chi connectivity index (χ1n) is 12.2. The highest BCUT2D eigenvalue weighted by Crippen LogP contribution is 2.69. The molecule has 0 bridgehead atoms. The molecule has 4 aliphatic carbocycles. The van der Waals surface area contributed by atoms with Crippen molar-refractivity contribution in [1.82, 2.24) is 0 Å². The molecule has 1 saturated heterocycles. The van der Waals surface area contributed by atoms with E-state index < -0.39 is 0 Å². The third kappa shape index (κ3) is 3.03. The molecule has 5 aliphatic rings. The van der Waals surface area contributed by atoms with Crippen molar-refractivity contribution >= 4 is 5.97 Å². The van der Waals surface area contributed by atoms with Crippen molar-refractivity contribution in [2.24, 2.45) is 40.4 Å². The minimum atomic E-state index is -0.362. The fourth-order valence-corrected chi connectivity index (χ4v) is 9.15. The van der Waals surface area contributed by atoms with Gasteiger partial charge in [0.1, 0.15) is 6.10 Å². The Labute approximate surface area is 176 Å². The molecular weight excluding hydrogens is 364 g/mol. The van der Waals surface area contributed by atoms with Gasteiger partial charge in [0.05, 0.1) is 13.2 Å². The average molecular weight is 405 g/mol. The Morgan fingerprint density at radius 3 is 2.28 bits per heavy atom. The van der Waals surface area contributed by atoms with Gasteiger partial charge in [-0.05, 0) is 99.2 Å². The molecule has 4 saturated carbocycles. The molecular formula is C25H40O4. The van der Waals surface area contributed by atoms with Crippen LogP contribution in [0, 0.1) is 40.4 Å². The van der Waals surface area contributed by atoms with E-state index >= 15 is 0 Å². The fraction of sp³-hybridized carbons (Fsp3) is 0.960. The molecule has 8 atom stereocenters. The maximum absolute atomic E-state index is 11.5. The van der Waals surface area contributed by atoms with E-state index in [0.717, 1.165) is 49.7 Å². The normalized spacial score (nSPS) is 51.0. The van der Waals surface area contributed by atoms with Gasteiger partial charge in [-0.2, -0.15) is 0 Å². The summed E-state index contributed by atoms with van der Waals surface area (Å²) in [5.41, 5.74) is 0.793. The number of hydrogen-bond acceptors (Lipinski definition) is 4. The van der Waals surface area contributed by atoms with E-state index in [-0.39, 0.29) is 17.9 Å². The monoisotopic (exact) mass is 404 g/mol. The van der Waals surface area contributed by atoms with Crippen molar-refractivity contribution in [2.45, 2.75) is 97.4 Å². The van der Waals surface area contributed by atoms with Gasteiger partial charge in [0, 0.05) is 12.8 Å². The number of carbonyl (C=O) groups excluding carboxylic acids is 1. The maximum atomic E-state index is 11.5. The predicted octanol–water partition coefficient (Wildman–Crippen LogP) is 5.34. The second-order valence-electron chi connectivity index (χ2n) is 11.6. The zero-order valence-corrected chi connectivity index (χ0v) is 18.9. The Morgan fingerprint density at radius 2 is 1.55 bits per heavy atom. The Hall–Kier alpha value is -0.610. The van der Waals surface area contributed by atoms with Crippen LogP contribution in [-0.4, -0.2) is 31.1 Å². The van der Waals surface area contributed by atoms with Gasteiger partial charge in [-0.25, -0.2) is 0 Å². The molecule has 0 aromatic heterocycles. The van der Waals surface area contributed by atoms with E-state index in [1.54, 1.807) is 6.92 Å². The first kappa shape index (κ1) is 20.3. The Morgan fingerprint density at radius 1 is 0.862 bits per heavy atom. The van der Waals surface area contributed by atoms with Crippen molar-refractivity contribution in [3.05, 3.63) is 0 Å². The summed E-state index contributed by atoms with van der Waals surface area (Å²) in [6, 6.07) is 0. The Balaban J connectivity index is 1.35. The van der Waals surface area contributed by atoms with Gasteiger partial charge in [0.15, 0.2) is 5.79 Å². The molecule has 0 spiro atoms. The summed E-state index contributed by atoms with van der Waals surface area (Å²) in [5, 5.41) is 0. The van der Waals surface area contributed by atoms with Crippen LogP contribution in [0.3, 0.4) is 0 Å². The number of esters is 1. The van der Waals surface area contributed by atoms with Crippen LogP contribution in [0.5, 0.6) is 0 Å². The zero-order chi connectivity index (χ0) is 20.4. The molecule has 5 fully saturated rings. The fourth-order valence-electron chi connectivity index (χ4n) is 9.15. The molecule has 0 amide bonds. The van der Waals surface area contributed by atoms with Gasteiger partial charge in [0.25, 0.3) is 0 Å². The molecule has 5 rings (SSSR count). The summed E-state index contributed by atoms with van der Waals surface area (Å²) in [6.07, 6.45) is 11.5. The number of ether oxygens (including phenoxy) is 3. The zero-order valence-electron chi connectivity index (χ0n) is 18.9. The van der Waals surface area contributed by atoms with Crippen LogP contribution in [0.1, 0.15) is 85.5 Å². The van der Waals surface area contributed by atoms with Crippen LogP contribution in [0.2, 0.25) is 0 Å². The van der Waals surface area contributed by atoms with Gasteiger partial charge < -0.3 is 14.2 Å². The molecule has 4 heteroatoms. The smallest absolute Gasteiger partial charge is 0.302 e. The van der Waals surface area contributed by atoms with Crippen LogP contribution in [-0.2, 0) is 19.0 Å². The molecule has 4 nitrogen and oxygen atoms in total. The lowest BCUT2D eigenvalue weighted by molar-refractivity contribution is -0.219. The van der Waals surface area contributed by atoms with Gasteiger partial charge in [-0.1, -0.05) is 13.8 Å². The van der Waals surface area contributed by atoms with Crippen LogP contribution in [0.4, 0.5) is 0 Å². The van der Waals surface area contributed by atoms with E-state index in [1.807, 2.05) is 0 Å². The van der Waals surface area contributed by atoms with Crippen molar-refractivity contribution in [3.63, 3.8) is 0 Å². The van der Waals surface area contributed by atoms with Gasteiger partial charge in [0.2, 0.25) is 0 Å². The lowest BCUT2D eigenvalue weighted by atomic mass is 9.44. The standard InChI is InChI=1S/C25H40O4/c1-16(26)29-18-9-11-23(2)17(15-18)5-6-19-20-7-8-22(25(4)27-13-14-28-25)24(20,3)12-10-21(19)23/h17-22H,5-15H2,1-4H3. The summed E-state index contributed by atoms with van der Waals surface area (Å²) in [6.45, 7) is 10.4. The Bertz CT molecular complexity index is 655. The molecule has 164 valence electrons. The Kier molecular flexibility index (Phi) is 4.87. The molecule has 8 unspecified atom stereocenters. The van der Waals surface area contributed by atoms with E-state index in [1.165, 1.54) is 44.9 Å². The van der Waals surface area contributed by atoms with Gasteiger partial charge in [-0.15, -0.1) is 0 Å². The van der Waals surface area contributed by atoms with Crippen molar-refractivity contribution in [1.29, 1.82) is 0 Å². The largest absolute Gasteiger partial charge is 0.463 e. The van der Waals surface area contributed by atoms with Crippen LogP contribution in [0.25, 0.3) is 0 Å². The predicted molar refractivity (Wildman–Crippen MR) is 111 cm³/mol. The summed E-state index contributed by atoms with van der Waals surface area (Å²) in [5.74, 6) is 3.31. The van der Waals surface area contributed by atoms with Crippen molar-refractivity contribution in [2.75, 3.05) is 13.2 Å². The lowest BCUT2D eigenvalue weighted by Gasteiger charge is -2.61. The number of fused-ring (bicyclic) bond motifs is 5. The maximum Gasteiger partial charge on any atom is 0.302 e. The van der Waals surface area contributed by atoms with E-state index in [4.69, 9.17) is 14.2 Å². The number of rotatable bonds is 2. The summed E-state index contributed by atoms with van der Waals surface area (Å²) in [7, 11) is 0. The minimum absolute atomic E-state index is 0.109. The molecule has 29 heavy (non-hydrogen) atoms. The van der Waals surface area contributed by atoms with Crippen LogP contribution >= 0.6 is 0 Å². The van der Waals surface area contributed by atoms with E-state index in [2.05, 4.69) is 20.8 Å². The molecule has 0 aromatic carbocycles. The highest BCUT2D eigenvalue weighted by atomic mass is 16.7. The third-order valence-corrected chi connectivity index (χ3v) is 10.4. The van der Waals surface area contributed by atoms with Crippen LogP contribution in [0.15, 0.2) is 0 Å². The molecule has 0 aromatic rings. The molecule has 1 heterocycles. The minimum Gasteiger partial charge on any atom is -0.463 e. The highest BCUT2D eigenvalue weighted by molar-refractivity contribution is 5.66. The summed E-state index contributed by atoms with van der Waals surface area (Å²) >= 11 is 0. The molecule has 0 radical (unpaired) electrons. The second-order valence-corrected chi connectivity index (χ2v) is 11.6. The molecule has 0 N–H and O–H groups in total.